The van der Waals surface area contributed by atoms with E-state index in [-0.39, 0.29) is 4.90 Å². The van der Waals surface area contributed by atoms with Gasteiger partial charge in [0.15, 0.2) is 0 Å². The Morgan fingerprint density at radius 2 is 1.61 bits per heavy atom. The molecule has 0 saturated carbocycles. The van der Waals surface area contributed by atoms with E-state index >= 15 is 0 Å². The fraction of sp³-hybridized carbons (Fsp3) is 0.409. The van der Waals surface area contributed by atoms with Gasteiger partial charge in [-0.15, -0.1) is 0 Å². The summed E-state index contributed by atoms with van der Waals surface area (Å²) in [7, 11) is -7.32. The zero-order chi connectivity index (χ0) is 24.2. The molecule has 2 aromatic carbocycles. The molecule has 1 atom stereocenters. The molecule has 0 spiro atoms. The number of carbonyl (C=O) groups is 1. The van der Waals surface area contributed by atoms with Crippen LogP contribution >= 0.6 is 0 Å². The summed E-state index contributed by atoms with van der Waals surface area (Å²) in [6, 6.07) is 11.3. The molecule has 0 bridgehead atoms. The number of nitrogens with one attached hydrogen (secondary N) is 1. The van der Waals surface area contributed by atoms with Crippen molar-refractivity contribution in [2.24, 2.45) is 0 Å². The van der Waals surface area contributed by atoms with Crippen LogP contribution in [-0.4, -0.2) is 59.0 Å². The number of carbonyl (C=O) groups excluding carboxylic acids is 1. The van der Waals surface area contributed by atoms with Crippen molar-refractivity contribution in [1.29, 1.82) is 0 Å². The van der Waals surface area contributed by atoms with Crippen LogP contribution in [0.1, 0.15) is 26.7 Å². The van der Waals surface area contributed by atoms with Gasteiger partial charge in [-0.2, -0.15) is 4.31 Å². The molecule has 1 amide bonds. The molecule has 1 N–H and O–H groups in total. The van der Waals surface area contributed by atoms with Crippen LogP contribution < -0.4 is 14.4 Å². The van der Waals surface area contributed by atoms with Crippen molar-refractivity contribution in [3.05, 3.63) is 48.5 Å². The minimum atomic E-state index is -3.77. The highest BCUT2D eigenvalue weighted by Gasteiger charge is 2.30. The predicted molar refractivity (Wildman–Crippen MR) is 127 cm³/mol. The summed E-state index contributed by atoms with van der Waals surface area (Å²) in [5, 5.41) is 2.67. The van der Waals surface area contributed by atoms with E-state index < -0.39 is 32.0 Å². The van der Waals surface area contributed by atoms with E-state index in [2.05, 4.69) is 5.32 Å². The Morgan fingerprint density at radius 3 is 2.12 bits per heavy atom. The van der Waals surface area contributed by atoms with Gasteiger partial charge in [-0.05, 0) is 75.2 Å². The van der Waals surface area contributed by atoms with Crippen LogP contribution in [0.25, 0.3) is 0 Å². The van der Waals surface area contributed by atoms with E-state index in [1.807, 2.05) is 6.92 Å². The van der Waals surface area contributed by atoms with Crippen molar-refractivity contribution in [3.63, 3.8) is 0 Å². The molecule has 1 aliphatic heterocycles. The van der Waals surface area contributed by atoms with Crippen molar-refractivity contribution in [2.45, 2.75) is 37.6 Å². The maximum absolute atomic E-state index is 12.9. The smallest absolute Gasteiger partial charge is 0.247 e. The molecule has 0 radical (unpaired) electrons. The van der Waals surface area contributed by atoms with Crippen LogP contribution in [0, 0.1) is 0 Å². The van der Waals surface area contributed by atoms with Crippen molar-refractivity contribution < 1.29 is 26.4 Å². The van der Waals surface area contributed by atoms with Crippen LogP contribution in [0.15, 0.2) is 53.4 Å². The van der Waals surface area contributed by atoms with Gasteiger partial charge >= 0.3 is 0 Å². The minimum absolute atomic E-state index is 0.155. The molecule has 11 heteroatoms. The lowest BCUT2D eigenvalue weighted by Crippen LogP contribution is -2.45. The zero-order valence-corrected chi connectivity index (χ0v) is 20.5. The van der Waals surface area contributed by atoms with E-state index in [1.165, 1.54) is 35.5 Å². The first-order valence-corrected chi connectivity index (χ1v) is 14.0. The van der Waals surface area contributed by atoms with Crippen molar-refractivity contribution in [1.82, 2.24) is 4.31 Å². The van der Waals surface area contributed by atoms with Crippen molar-refractivity contribution in [2.75, 3.05) is 35.6 Å². The van der Waals surface area contributed by atoms with E-state index in [0.717, 1.165) is 23.4 Å². The number of benzene rings is 2. The van der Waals surface area contributed by atoms with Gasteiger partial charge in [0.2, 0.25) is 26.0 Å². The van der Waals surface area contributed by atoms with Gasteiger partial charge < -0.3 is 10.1 Å². The maximum Gasteiger partial charge on any atom is 0.247 e. The summed E-state index contributed by atoms with van der Waals surface area (Å²) in [5.74, 6) is 0.0419. The van der Waals surface area contributed by atoms with Gasteiger partial charge in [-0.25, -0.2) is 16.8 Å². The summed E-state index contributed by atoms with van der Waals surface area (Å²) in [5.41, 5.74) is 0.697. The fourth-order valence-corrected chi connectivity index (χ4v) is 6.39. The van der Waals surface area contributed by atoms with Gasteiger partial charge in [-0.1, -0.05) is 0 Å². The second kappa shape index (κ2) is 10.1. The van der Waals surface area contributed by atoms with Crippen molar-refractivity contribution in [3.8, 4) is 5.75 Å². The molecule has 1 saturated heterocycles. The predicted octanol–water partition coefficient (Wildman–Crippen LogP) is 2.66. The Bertz CT molecular complexity index is 1170. The van der Waals surface area contributed by atoms with Crippen LogP contribution in [0.3, 0.4) is 0 Å². The molecule has 0 unspecified atom stereocenters. The SMILES string of the molecule is CCOc1ccc(N([C@H](C)C(=O)Nc2ccc(S(=O)(=O)N3CCCC3)cc2)S(C)(=O)=O)cc1. The molecular formula is C22H29N3O6S2. The molecule has 9 nitrogen and oxygen atoms in total. The molecule has 0 aromatic heterocycles. The highest BCUT2D eigenvalue weighted by atomic mass is 32.2. The lowest BCUT2D eigenvalue weighted by atomic mass is 10.2. The van der Waals surface area contributed by atoms with Crippen LogP contribution in [0.2, 0.25) is 0 Å². The number of ether oxygens (including phenoxy) is 1. The van der Waals surface area contributed by atoms with E-state index in [9.17, 15) is 21.6 Å². The standard InChI is InChI=1S/C22H29N3O6S2/c1-4-31-20-11-9-19(10-12-20)25(32(3,27)28)17(2)22(26)23-18-7-13-21(14-8-18)33(29,30)24-15-5-6-16-24/h7-14,17H,4-6,15-16H2,1-3H3,(H,23,26)/t17-/m1/s1. The lowest BCUT2D eigenvalue weighted by Gasteiger charge is -2.28. The first-order valence-electron chi connectivity index (χ1n) is 10.7. The summed E-state index contributed by atoms with van der Waals surface area (Å²) >= 11 is 0. The average Bonchev–Trinajstić information content (AvgIpc) is 3.30. The third-order valence-electron chi connectivity index (χ3n) is 5.32. The maximum atomic E-state index is 12.9. The van der Waals surface area contributed by atoms with Gasteiger partial charge in [0.25, 0.3) is 0 Å². The molecule has 1 fully saturated rings. The lowest BCUT2D eigenvalue weighted by molar-refractivity contribution is -0.116. The molecule has 1 heterocycles. The number of sulfonamides is 2. The quantitative estimate of drug-likeness (QED) is 0.572. The Labute approximate surface area is 195 Å². The number of hydrogen-bond acceptors (Lipinski definition) is 6. The van der Waals surface area contributed by atoms with E-state index in [4.69, 9.17) is 4.74 Å². The van der Waals surface area contributed by atoms with Crippen LogP contribution in [0.5, 0.6) is 5.75 Å². The van der Waals surface area contributed by atoms with Gasteiger partial charge in [0.1, 0.15) is 11.8 Å². The molecule has 1 aliphatic rings. The number of rotatable bonds is 9. The molecule has 33 heavy (non-hydrogen) atoms. The Balaban J connectivity index is 1.76. The topological polar surface area (TPSA) is 113 Å². The second-order valence-electron chi connectivity index (χ2n) is 7.79. The molecular weight excluding hydrogens is 466 g/mol. The first kappa shape index (κ1) is 25.0. The first-order chi connectivity index (χ1) is 15.5. The van der Waals surface area contributed by atoms with Crippen LogP contribution in [-0.2, 0) is 24.8 Å². The van der Waals surface area contributed by atoms with Gasteiger partial charge in [0.05, 0.1) is 23.4 Å². The third-order valence-corrected chi connectivity index (χ3v) is 8.47. The normalized spacial score (nSPS) is 15.7. The van der Waals surface area contributed by atoms with E-state index in [0.29, 0.717) is 36.8 Å². The second-order valence-corrected chi connectivity index (χ2v) is 11.6. The number of hydrogen-bond donors (Lipinski definition) is 1. The van der Waals surface area contributed by atoms with Crippen molar-refractivity contribution >= 4 is 37.3 Å². The molecule has 0 aliphatic carbocycles. The number of amides is 1. The number of nitrogens with zero attached hydrogens (tertiary/aromatic N) is 2. The van der Waals surface area contributed by atoms with Gasteiger partial charge in [-0.3, -0.25) is 9.10 Å². The van der Waals surface area contributed by atoms with Crippen LogP contribution in [0.4, 0.5) is 11.4 Å². The summed E-state index contributed by atoms with van der Waals surface area (Å²) < 4.78 is 58.1. The summed E-state index contributed by atoms with van der Waals surface area (Å²) in [4.78, 5) is 13.0. The highest BCUT2D eigenvalue weighted by Crippen LogP contribution is 2.25. The number of anilines is 2. The zero-order valence-electron chi connectivity index (χ0n) is 18.9. The largest absolute Gasteiger partial charge is 0.494 e. The molecule has 2 aromatic rings. The minimum Gasteiger partial charge on any atom is -0.494 e. The molecule has 3 rings (SSSR count). The summed E-state index contributed by atoms with van der Waals surface area (Å²) in [6.45, 7) is 4.82. The third kappa shape index (κ3) is 5.84. The average molecular weight is 496 g/mol. The van der Waals surface area contributed by atoms with Gasteiger partial charge in [0, 0.05) is 18.8 Å². The van der Waals surface area contributed by atoms with E-state index in [1.54, 1.807) is 24.3 Å². The molecule has 180 valence electrons. The Kier molecular flexibility index (Phi) is 7.65. The Hall–Kier alpha value is -2.63. The monoisotopic (exact) mass is 495 g/mol. The summed E-state index contributed by atoms with van der Waals surface area (Å²) in [6.07, 6.45) is 2.72. The highest BCUT2D eigenvalue weighted by molar-refractivity contribution is 7.92. The Morgan fingerprint density at radius 1 is 1.03 bits per heavy atom. The fourth-order valence-electron chi connectivity index (χ4n) is 3.70.